The van der Waals surface area contributed by atoms with Crippen LogP contribution in [0.2, 0.25) is 0 Å². The first-order valence-corrected chi connectivity index (χ1v) is 7.34. The number of nitrogens with zero attached hydrogens (tertiary/aromatic N) is 1. The highest BCUT2D eigenvalue weighted by molar-refractivity contribution is 7.10. The molecule has 0 spiro atoms. The van der Waals surface area contributed by atoms with Gasteiger partial charge in [-0.2, -0.15) is 0 Å². The Balaban J connectivity index is 1.93. The van der Waals surface area contributed by atoms with E-state index in [1.54, 1.807) is 17.4 Å². The SMILES string of the molecule is CC1CN(Cc2cc(C=CC(=O)O)cs2)CCCO1. The van der Waals surface area contributed by atoms with Crippen molar-refractivity contribution < 1.29 is 14.6 Å². The van der Waals surface area contributed by atoms with Crippen molar-refractivity contribution in [1.29, 1.82) is 0 Å². The lowest BCUT2D eigenvalue weighted by Gasteiger charge is -2.20. The lowest BCUT2D eigenvalue weighted by atomic mass is 10.2. The van der Waals surface area contributed by atoms with Gasteiger partial charge in [-0.3, -0.25) is 4.90 Å². The van der Waals surface area contributed by atoms with Crippen LogP contribution in [0.1, 0.15) is 23.8 Å². The van der Waals surface area contributed by atoms with Crippen LogP contribution in [0, 0.1) is 0 Å². The van der Waals surface area contributed by atoms with Crippen molar-refractivity contribution in [3.63, 3.8) is 0 Å². The number of hydrogen-bond donors (Lipinski definition) is 1. The number of carbonyl (C=O) groups is 1. The van der Waals surface area contributed by atoms with E-state index in [1.807, 2.05) is 5.38 Å². The lowest BCUT2D eigenvalue weighted by Crippen LogP contribution is -2.29. The van der Waals surface area contributed by atoms with Crippen molar-refractivity contribution in [1.82, 2.24) is 4.90 Å². The molecular weight excluding hydrogens is 262 g/mol. The molecule has 0 amide bonds. The van der Waals surface area contributed by atoms with Gasteiger partial charge in [0.1, 0.15) is 0 Å². The van der Waals surface area contributed by atoms with Gasteiger partial charge in [-0.15, -0.1) is 11.3 Å². The molecule has 0 aromatic carbocycles. The largest absolute Gasteiger partial charge is 0.478 e. The predicted octanol–water partition coefficient (Wildman–Crippen LogP) is 2.46. The summed E-state index contributed by atoms with van der Waals surface area (Å²) in [6.45, 7) is 5.88. The Morgan fingerprint density at radius 3 is 3.32 bits per heavy atom. The van der Waals surface area contributed by atoms with Gasteiger partial charge in [0.2, 0.25) is 0 Å². The summed E-state index contributed by atoms with van der Waals surface area (Å²) in [7, 11) is 0. The quantitative estimate of drug-likeness (QED) is 0.861. The molecular formula is C14H19NO3S. The van der Waals surface area contributed by atoms with Crippen LogP contribution in [0.5, 0.6) is 0 Å². The Labute approximate surface area is 117 Å². The van der Waals surface area contributed by atoms with Gasteiger partial charge in [0.05, 0.1) is 6.10 Å². The first-order chi connectivity index (χ1) is 9.13. The molecule has 0 radical (unpaired) electrons. The summed E-state index contributed by atoms with van der Waals surface area (Å²) in [4.78, 5) is 14.1. The van der Waals surface area contributed by atoms with E-state index in [1.165, 1.54) is 11.0 Å². The standard InChI is InChI=1S/C14H19NO3S/c1-11-8-15(5-2-6-18-11)9-13-7-12(10-19-13)3-4-14(16)17/h3-4,7,10-11H,2,5-6,8-9H2,1H3,(H,16,17). The summed E-state index contributed by atoms with van der Waals surface area (Å²) in [5.41, 5.74) is 0.960. The summed E-state index contributed by atoms with van der Waals surface area (Å²) >= 11 is 1.68. The number of thiophene rings is 1. The van der Waals surface area contributed by atoms with E-state index < -0.39 is 5.97 Å². The fraction of sp³-hybridized carbons (Fsp3) is 0.500. The monoisotopic (exact) mass is 281 g/mol. The third-order valence-corrected chi connectivity index (χ3v) is 3.95. The summed E-state index contributed by atoms with van der Waals surface area (Å²) < 4.78 is 5.63. The van der Waals surface area contributed by atoms with Gasteiger partial charge < -0.3 is 9.84 Å². The zero-order valence-corrected chi connectivity index (χ0v) is 11.9. The number of aliphatic carboxylic acids is 1. The van der Waals surface area contributed by atoms with Gasteiger partial charge in [-0.05, 0) is 36.4 Å². The smallest absolute Gasteiger partial charge is 0.328 e. The average molecular weight is 281 g/mol. The Bertz CT molecular complexity index is 455. The van der Waals surface area contributed by atoms with Crippen molar-refractivity contribution in [3.05, 3.63) is 28.0 Å². The highest BCUT2D eigenvalue weighted by Gasteiger charge is 2.15. The summed E-state index contributed by atoms with van der Waals surface area (Å²) in [5, 5.41) is 10.6. The second-order valence-corrected chi connectivity index (χ2v) is 5.78. The van der Waals surface area contributed by atoms with Crippen molar-refractivity contribution in [2.24, 2.45) is 0 Å². The van der Waals surface area contributed by atoms with Crippen LogP contribution in [0.3, 0.4) is 0 Å². The zero-order valence-electron chi connectivity index (χ0n) is 11.0. The van der Waals surface area contributed by atoms with E-state index in [9.17, 15) is 4.79 Å². The molecule has 2 heterocycles. The second kappa shape index (κ2) is 6.84. The van der Waals surface area contributed by atoms with Gasteiger partial charge in [0.25, 0.3) is 0 Å². The fourth-order valence-corrected chi connectivity index (χ4v) is 3.08. The number of rotatable bonds is 4. The van der Waals surface area contributed by atoms with Gasteiger partial charge in [-0.25, -0.2) is 4.79 Å². The molecule has 4 nitrogen and oxygen atoms in total. The molecule has 1 fully saturated rings. The van der Waals surface area contributed by atoms with Crippen molar-refractivity contribution in [2.45, 2.75) is 26.0 Å². The Morgan fingerprint density at radius 2 is 2.53 bits per heavy atom. The van der Waals surface area contributed by atoms with Gasteiger partial charge >= 0.3 is 5.97 Å². The second-order valence-electron chi connectivity index (χ2n) is 4.79. The minimum absolute atomic E-state index is 0.286. The van der Waals surface area contributed by atoms with E-state index in [4.69, 9.17) is 9.84 Å². The van der Waals surface area contributed by atoms with E-state index in [-0.39, 0.29) is 6.10 Å². The predicted molar refractivity (Wildman–Crippen MR) is 76.3 cm³/mol. The van der Waals surface area contributed by atoms with Crippen LogP contribution in [-0.4, -0.2) is 41.8 Å². The highest BCUT2D eigenvalue weighted by atomic mass is 32.1. The van der Waals surface area contributed by atoms with Crippen LogP contribution in [0.15, 0.2) is 17.5 Å². The van der Waals surface area contributed by atoms with Crippen LogP contribution in [0.25, 0.3) is 6.08 Å². The molecule has 5 heteroatoms. The van der Waals surface area contributed by atoms with Crippen LogP contribution in [-0.2, 0) is 16.1 Å². The number of carboxylic acid groups (broad SMARTS) is 1. The van der Waals surface area contributed by atoms with Crippen molar-refractivity contribution in [2.75, 3.05) is 19.7 Å². The summed E-state index contributed by atoms with van der Waals surface area (Å²) in [6, 6.07) is 2.06. The molecule has 19 heavy (non-hydrogen) atoms. The number of ether oxygens (including phenoxy) is 1. The lowest BCUT2D eigenvalue weighted by molar-refractivity contribution is -0.131. The van der Waals surface area contributed by atoms with Crippen LogP contribution in [0.4, 0.5) is 0 Å². The maximum absolute atomic E-state index is 10.5. The molecule has 0 bridgehead atoms. The zero-order chi connectivity index (χ0) is 13.7. The maximum Gasteiger partial charge on any atom is 0.328 e. The Kier molecular flexibility index (Phi) is 5.13. The van der Waals surface area contributed by atoms with E-state index in [0.29, 0.717) is 0 Å². The third-order valence-electron chi connectivity index (χ3n) is 3.01. The van der Waals surface area contributed by atoms with Gasteiger partial charge in [-0.1, -0.05) is 0 Å². The first kappa shape index (κ1) is 14.2. The fourth-order valence-electron chi connectivity index (χ4n) is 2.18. The van der Waals surface area contributed by atoms with E-state index >= 15 is 0 Å². The summed E-state index contributed by atoms with van der Waals surface area (Å²) in [6.07, 6.45) is 4.17. The van der Waals surface area contributed by atoms with Crippen LogP contribution >= 0.6 is 11.3 Å². The highest BCUT2D eigenvalue weighted by Crippen LogP contribution is 2.19. The van der Waals surface area contributed by atoms with E-state index in [2.05, 4.69) is 17.9 Å². The summed E-state index contributed by atoms with van der Waals surface area (Å²) in [5.74, 6) is -0.911. The average Bonchev–Trinajstić information content (AvgIpc) is 2.69. The van der Waals surface area contributed by atoms with Crippen molar-refractivity contribution in [3.8, 4) is 0 Å². The normalized spacial score (nSPS) is 21.6. The maximum atomic E-state index is 10.5. The molecule has 1 atom stereocenters. The van der Waals surface area contributed by atoms with Crippen LogP contribution < -0.4 is 0 Å². The molecule has 1 N–H and O–H groups in total. The Hall–Kier alpha value is -1.17. The first-order valence-electron chi connectivity index (χ1n) is 6.46. The molecule has 104 valence electrons. The number of carboxylic acids is 1. The molecule has 1 aromatic rings. The molecule has 2 rings (SSSR count). The van der Waals surface area contributed by atoms with Crippen molar-refractivity contribution >= 4 is 23.4 Å². The van der Waals surface area contributed by atoms with Gasteiger partial charge in [0.15, 0.2) is 0 Å². The van der Waals surface area contributed by atoms with E-state index in [0.717, 1.165) is 38.2 Å². The minimum Gasteiger partial charge on any atom is -0.478 e. The third kappa shape index (κ3) is 4.78. The molecule has 1 aliphatic heterocycles. The molecule has 0 aliphatic carbocycles. The molecule has 1 aromatic heterocycles. The van der Waals surface area contributed by atoms with Gasteiger partial charge in [0, 0.05) is 37.2 Å². The molecule has 1 unspecified atom stereocenters. The molecule has 1 aliphatic rings. The topological polar surface area (TPSA) is 49.8 Å². The molecule has 1 saturated heterocycles. The number of hydrogen-bond acceptors (Lipinski definition) is 4. The Morgan fingerprint density at radius 1 is 1.68 bits per heavy atom. The minimum atomic E-state index is -0.911. The molecule has 0 saturated carbocycles.